The summed E-state index contributed by atoms with van der Waals surface area (Å²) in [6, 6.07) is 13.0. The summed E-state index contributed by atoms with van der Waals surface area (Å²) in [7, 11) is 0. The van der Waals surface area contributed by atoms with Gasteiger partial charge in [0.15, 0.2) is 6.61 Å². The summed E-state index contributed by atoms with van der Waals surface area (Å²) in [6.07, 6.45) is 1.37. The first-order valence-corrected chi connectivity index (χ1v) is 10.2. The van der Waals surface area contributed by atoms with Crippen molar-refractivity contribution >= 4 is 39.2 Å². The second-order valence-electron chi connectivity index (χ2n) is 6.74. The summed E-state index contributed by atoms with van der Waals surface area (Å²) < 4.78 is 6.33. The quantitative estimate of drug-likeness (QED) is 0.564. The first-order chi connectivity index (χ1) is 13.8. The maximum absolute atomic E-state index is 12.0. The molecule has 0 saturated carbocycles. The van der Waals surface area contributed by atoms with Crippen LogP contribution in [0.3, 0.4) is 0 Å². The molecule has 2 aromatic carbocycles. The van der Waals surface area contributed by atoms with E-state index in [1.54, 1.807) is 19.1 Å². The normalized spacial score (nSPS) is 10.3. The van der Waals surface area contributed by atoms with Gasteiger partial charge in [0.1, 0.15) is 11.5 Å². The lowest BCUT2D eigenvalue weighted by Crippen LogP contribution is -2.31. The highest BCUT2D eigenvalue weighted by molar-refractivity contribution is 9.10. The van der Waals surface area contributed by atoms with Crippen LogP contribution in [0.25, 0.3) is 0 Å². The standard InChI is InChI=1S/C22H25BrN2O4/c1-15-3-8-18(23)13-20(15)25-21(27)11-12-24-22(28)14-29-19-9-6-17(7-10-19)5-4-16(2)26/h3,6-10,13H,4-5,11-12,14H2,1-2H3,(H,24,28)(H,25,27). The third-order valence-electron chi connectivity index (χ3n) is 4.21. The zero-order chi connectivity index (χ0) is 21.2. The number of ether oxygens (including phenoxy) is 1. The van der Waals surface area contributed by atoms with Crippen LogP contribution in [0.2, 0.25) is 0 Å². The number of halogens is 1. The smallest absolute Gasteiger partial charge is 0.257 e. The molecular formula is C22H25BrN2O4. The Bertz CT molecular complexity index is 866. The van der Waals surface area contributed by atoms with Crippen molar-refractivity contribution in [1.29, 1.82) is 0 Å². The molecule has 154 valence electrons. The molecular weight excluding hydrogens is 436 g/mol. The van der Waals surface area contributed by atoms with Crippen LogP contribution in [0.1, 0.15) is 30.9 Å². The van der Waals surface area contributed by atoms with E-state index < -0.39 is 0 Å². The van der Waals surface area contributed by atoms with Crippen LogP contribution in [0, 0.1) is 6.92 Å². The number of carbonyl (C=O) groups excluding carboxylic acids is 3. The molecule has 0 atom stereocenters. The van der Waals surface area contributed by atoms with Gasteiger partial charge in [-0.2, -0.15) is 0 Å². The molecule has 2 aromatic rings. The van der Waals surface area contributed by atoms with Crippen molar-refractivity contribution in [3.8, 4) is 5.75 Å². The minimum absolute atomic E-state index is 0.126. The van der Waals surface area contributed by atoms with Gasteiger partial charge in [0.25, 0.3) is 5.91 Å². The molecule has 2 amide bonds. The van der Waals surface area contributed by atoms with Crippen LogP contribution < -0.4 is 15.4 Å². The lowest BCUT2D eigenvalue weighted by molar-refractivity contribution is -0.123. The minimum Gasteiger partial charge on any atom is -0.484 e. The highest BCUT2D eigenvalue weighted by Gasteiger charge is 2.08. The highest BCUT2D eigenvalue weighted by Crippen LogP contribution is 2.20. The maximum atomic E-state index is 12.0. The molecule has 0 spiro atoms. The van der Waals surface area contributed by atoms with Crippen molar-refractivity contribution in [3.05, 3.63) is 58.1 Å². The highest BCUT2D eigenvalue weighted by atomic mass is 79.9. The monoisotopic (exact) mass is 460 g/mol. The second-order valence-corrected chi connectivity index (χ2v) is 7.66. The average Bonchev–Trinajstić information content (AvgIpc) is 2.68. The largest absolute Gasteiger partial charge is 0.484 e. The fourth-order valence-corrected chi connectivity index (χ4v) is 2.89. The molecule has 0 aliphatic heterocycles. The molecule has 0 aliphatic carbocycles. The third kappa shape index (κ3) is 8.48. The van der Waals surface area contributed by atoms with Crippen LogP contribution in [0.15, 0.2) is 46.9 Å². The van der Waals surface area contributed by atoms with E-state index in [2.05, 4.69) is 26.6 Å². The van der Waals surface area contributed by atoms with Gasteiger partial charge in [-0.05, 0) is 55.7 Å². The molecule has 29 heavy (non-hydrogen) atoms. The number of amides is 2. The fraction of sp³-hybridized carbons (Fsp3) is 0.318. The molecule has 2 rings (SSSR count). The van der Waals surface area contributed by atoms with Crippen LogP contribution in [0.4, 0.5) is 5.69 Å². The number of ketones is 1. The van der Waals surface area contributed by atoms with Gasteiger partial charge < -0.3 is 20.2 Å². The van der Waals surface area contributed by atoms with Crippen molar-refractivity contribution < 1.29 is 19.1 Å². The number of hydrogen-bond acceptors (Lipinski definition) is 4. The number of carbonyl (C=O) groups is 3. The van der Waals surface area contributed by atoms with E-state index in [1.165, 1.54) is 0 Å². The summed E-state index contributed by atoms with van der Waals surface area (Å²) in [4.78, 5) is 34.9. The summed E-state index contributed by atoms with van der Waals surface area (Å²) in [5.41, 5.74) is 2.75. The van der Waals surface area contributed by atoms with Gasteiger partial charge in [-0.3, -0.25) is 9.59 Å². The Morgan fingerprint density at radius 2 is 1.72 bits per heavy atom. The van der Waals surface area contributed by atoms with Crippen molar-refractivity contribution in [1.82, 2.24) is 5.32 Å². The number of aryl methyl sites for hydroxylation is 2. The zero-order valence-corrected chi connectivity index (χ0v) is 18.2. The topological polar surface area (TPSA) is 84.5 Å². The Morgan fingerprint density at radius 3 is 2.41 bits per heavy atom. The lowest BCUT2D eigenvalue weighted by Gasteiger charge is -2.10. The molecule has 2 N–H and O–H groups in total. The van der Waals surface area contributed by atoms with Gasteiger partial charge in [-0.15, -0.1) is 0 Å². The summed E-state index contributed by atoms with van der Waals surface area (Å²) in [5.74, 6) is 0.266. The van der Waals surface area contributed by atoms with Crippen molar-refractivity contribution in [3.63, 3.8) is 0 Å². The fourth-order valence-electron chi connectivity index (χ4n) is 2.53. The SMILES string of the molecule is CC(=O)CCc1ccc(OCC(=O)NCCC(=O)Nc2cc(Br)ccc2C)cc1. The summed E-state index contributed by atoms with van der Waals surface area (Å²) in [5, 5.41) is 5.50. The number of nitrogens with one attached hydrogen (secondary N) is 2. The van der Waals surface area contributed by atoms with Crippen molar-refractivity contribution in [2.75, 3.05) is 18.5 Å². The van der Waals surface area contributed by atoms with E-state index in [4.69, 9.17) is 4.74 Å². The first kappa shape index (κ1) is 22.6. The average molecular weight is 461 g/mol. The van der Waals surface area contributed by atoms with Gasteiger partial charge in [0.2, 0.25) is 5.91 Å². The Balaban J connectivity index is 1.67. The van der Waals surface area contributed by atoms with Gasteiger partial charge >= 0.3 is 0 Å². The van der Waals surface area contributed by atoms with Gasteiger partial charge in [-0.1, -0.05) is 34.1 Å². The van der Waals surface area contributed by atoms with Crippen LogP contribution in [0.5, 0.6) is 5.75 Å². The number of hydrogen-bond donors (Lipinski definition) is 2. The number of rotatable bonds is 10. The molecule has 0 bridgehead atoms. The number of benzene rings is 2. The molecule has 0 saturated heterocycles. The Kier molecular flexibility index (Phi) is 8.86. The van der Waals surface area contributed by atoms with E-state index >= 15 is 0 Å². The molecule has 0 aliphatic rings. The zero-order valence-electron chi connectivity index (χ0n) is 16.6. The van der Waals surface area contributed by atoms with Gasteiger partial charge in [0.05, 0.1) is 0 Å². The summed E-state index contributed by atoms with van der Waals surface area (Å²) in [6.45, 7) is 3.59. The predicted octanol–water partition coefficient (Wildman–Crippen LogP) is 3.80. The second kappa shape index (κ2) is 11.4. The molecule has 6 nitrogen and oxygen atoms in total. The van der Waals surface area contributed by atoms with E-state index in [0.29, 0.717) is 18.6 Å². The Labute approximate surface area is 179 Å². The summed E-state index contributed by atoms with van der Waals surface area (Å²) >= 11 is 3.38. The molecule has 0 aromatic heterocycles. The Hall–Kier alpha value is -2.67. The van der Waals surface area contributed by atoms with Crippen LogP contribution >= 0.6 is 15.9 Å². The van der Waals surface area contributed by atoms with Crippen LogP contribution in [-0.4, -0.2) is 30.7 Å². The minimum atomic E-state index is -0.294. The van der Waals surface area contributed by atoms with Gasteiger partial charge in [0, 0.05) is 29.5 Å². The van der Waals surface area contributed by atoms with Crippen LogP contribution in [-0.2, 0) is 20.8 Å². The van der Waals surface area contributed by atoms with E-state index in [1.807, 2.05) is 37.3 Å². The van der Waals surface area contributed by atoms with Crippen molar-refractivity contribution in [2.45, 2.75) is 33.1 Å². The molecule has 0 heterocycles. The van der Waals surface area contributed by atoms with E-state index in [9.17, 15) is 14.4 Å². The Morgan fingerprint density at radius 1 is 1.00 bits per heavy atom. The van der Waals surface area contributed by atoms with Gasteiger partial charge in [-0.25, -0.2) is 0 Å². The lowest BCUT2D eigenvalue weighted by atomic mass is 10.1. The first-order valence-electron chi connectivity index (χ1n) is 9.37. The molecule has 0 fully saturated rings. The molecule has 7 heteroatoms. The molecule has 0 unspecified atom stereocenters. The maximum Gasteiger partial charge on any atom is 0.257 e. The van der Waals surface area contributed by atoms with Crippen molar-refractivity contribution in [2.24, 2.45) is 0 Å². The number of Topliss-reactive ketones (excluding diaryl/α,β-unsaturated/α-hetero) is 1. The van der Waals surface area contributed by atoms with E-state index in [0.717, 1.165) is 21.3 Å². The molecule has 0 radical (unpaired) electrons. The predicted molar refractivity (Wildman–Crippen MR) is 116 cm³/mol. The number of anilines is 1. The third-order valence-corrected chi connectivity index (χ3v) is 4.70. The van der Waals surface area contributed by atoms with E-state index in [-0.39, 0.29) is 37.2 Å².